The van der Waals surface area contributed by atoms with Crippen molar-refractivity contribution in [2.75, 3.05) is 0 Å². The maximum absolute atomic E-state index is 11.2. The summed E-state index contributed by atoms with van der Waals surface area (Å²) in [6.07, 6.45) is -3.72. The molecule has 2 nitrogen and oxygen atoms in total. The van der Waals surface area contributed by atoms with Crippen LogP contribution in [0.15, 0.2) is 57.2 Å². The fourth-order valence-corrected chi connectivity index (χ4v) is 3.08. The summed E-state index contributed by atoms with van der Waals surface area (Å²) >= 11 is 1.69. The van der Waals surface area contributed by atoms with E-state index in [-0.39, 0.29) is 11.8 Å². The first-order valence-electron chi connectivity index (χ1n) is 10.3. The number of hydrogen-bond donors (Lipinski definition) is 0. The molecule has 0 atom stereocenters. The summed E-state index contributed by atoms with van der Waals surface area (Å²) in [6.45, 7) is 12.4. The van der Waals surface area contributed by atoms with Crippen molar-refractivity contribution in [3.05, 3.63) is 53.6 Å². The van der Waals surface area contributed by atoms with E-state index in [0.717, 1.165) is 21.2 Å². The summed E-state index contributed by atoms with van der Waals surface area (Å²) in [6, 6.07) is 16.2. The molecule has 0 N–H and O–H groups in total. The van der Waals surface area contributed by atoms with Crippen molar-refractivity contribution in [1.82, 2.24) is 0 Å². The van der Waals surface area contributed by atoms with Crippen LogP contribution in [0.1, 0.15) is 65.0 Å². The van der Waals surface area contributed by atoms with Crippen LogP contribution in [0.4, 0.5) is 18.9 Å². The SMILES string of the molecule is CC(=Nc1cc(Sc2ccc(C#N)cc2)ccc1C)C(C)(C)C.CCCCC(F)(F)F. The predicted molar refractivity (Wildman–Crippen MR) is 124 cm³/mol. The van der Waals surface area contributed by atoms with E-state index < -0.39 is 12.6 Å². The molecule has 0 amide bonds. The lowest BCUT2D eigenvalue weighted by Crippen LogP contribution is -2.16. The highest BCUT2D eigenvalue weighted by molar-refractivity contribution is 7.99. The van der Waals surface area contributed by atoms with Gasteiger partial charge in [0.25, 0.3) is 0 Å². The topological polar surface area (TPSA) is 36.1 Å². The lowest BCUT2D eigenvalue weighted by atomic mass is 9.91. The van der Waals surface area contributed by atoms with Crippen molar-refractivity contribution in [2.24, 2.45) is 10.4 Å². The Morgan fingerprint density at radius 2 is 1.61 bits per heavy atom. The van der Waals surface area contributed by atoms with Crippen LogP contribution < -0.4 is 0 Å². The first kappa shape index (κ1) is 26.8. The van der Waals surface area contributed by atoms with Gasteiger partial charge < -0.3 is 0 Å². The number of halogens is 3. The highest BCUT2D eigenvalue weighted by Crippen LogP contribution is 2.33. The number of nitriles is 1. The van der Waals surface area contributed by atoms with Crippen LogP contribution in [-0.4, -0.2) is 11.9 Å². The van der Waals surface area contributed by atoms with Gasteiger partial charge in [0.05, 0.1) is 17.3 Å². The van der Waals surface area contributed by atoms with Crippen LogP contribution in [0, 0.1) is 23.7 Å². The van der Waals surface area contributed by atoms with Gasteiger partial charge in [-0.25, -0.2) is 0 Å². The number of aliphatic imine (C=N–C) groups is 1. The lowest BCUT2D eigenvalue weighted by Gasteiger charge is -2.18. The smallest absolute Gasteiger partial charge is 0.257 e. The molecule has 31 heavy (non-hydrogen) atoms. The highest BCUT2D eigenvalue weighted by atomic mass is 32.2. The second-order valence-electron chi connectivity index (χ2n) is 8.35. The Labute approximate surface area is 188 Å². The molecule has 0 aromatic heterocycles. The van der Waals surface area contributed by atoms with Crippen LogP contribution in [0.5, 0.6) is 0 Å². The Balaban J connectivity index is 0.000000512. The van der Waals surface area contributed by atoms with Crippen molar-refractivity contribution in [2.45, 2.75) is 76.8 Å². The molecule has 0 radical (unpaired) electrons. The zero-order valence-electron chi connectivity index (χ0n) is 19.1. The minimum Gasteiger partial charge on any atom is -0.257 e. The molecule has 0 saturated heterocycles. The van der Waals surface area contributed by atoms with E-state index >= 15 is 0 Å². The monoisotopic (exact) mass is 448 g/mol. The number of aryl methyl sites for hydroxylation is 1. The second-order valence-corrected chi connectivity index (χ2v) is 9.50. The molecule has 0 fully saturated rings. The average Bonchev–Trinajstić information content (AvgIpc) is 2.68. The molecule has 2 aromatic carbocycles. The molecule has 0 aliphatic carbocycles. The van der Waals surface area contributed by atoms with Crippen molar-refractivity contribution >= 4 is 23.2 Å². The maximum Gasteiger partial charge on any atom is 0.389 e. The highest BCUT2D eigenvalue weighted by Gasteiger charge is 2.25. The molecule has 0 saturated carbocycles. The van der Waals surface area contributed by atoms with Crippen LogP contribution in [0.25, 0.3) is 0 Å². The Morgan fingerprint density at radius 3 is 2.06 bits per heavy atom. The first-order valence-corrected chi connectivity index (χ1v) is 11.1. The third-order valence-electron chi connectivity index (χ3n) is 4.59. The van der Waals surface area contributed by atoms with Crippen LogP contribution in [-0.2, 0) is 0 Å². The summed E-state index contributed by atoms with van der Waals surface area (Å²) in [5.41, 5.74) is 4.09. The number of unbranched alkanes of at least 4 members (excludes halogenated alkanes) is 1. The van der Waals surface area contributed by atoms with Gasteiger partial charge in [0, 0.05) is 21.9 Å². The van der Waals surface area contributed by atoms with Crippen molar-refractivity contribution in [3.63, 3.8) is 0 Å². The van der Waals surface area contributed by atoms with Gasteiger partial charge in [0.1, 0.15) is 0 Å². The molecule has 0 aliphatic heterocycles. The molecule has 0 spiro atoms. The Hall–Kier alpha value is -2.26. The fourth-order valence-electron chi connectivity index (χ4n) is 2.23. The van der Waals surface area contributed by atoms with Gasteiger partial charge in [-0.05, 0) is 67.6 Å². The number of nitrogens with zero attached hydrogens (tertiary/aromatic N) is 2. The van der Waals surface area contributed by atoms with Gasteiger partial charge in [-0.3, -0.25) is 4.99 Å². The van der Waals surface area contributed by atoms with Gasteiger partial charge in [-0.2, -0.15) is 18.4 Å². The predicted octanol–water partition coefficient (Wildman–Crippen LogP) is 8.90. The third-order valence-corrected chi connectivity index (χ3v) is 5.58. The third kappa shape index (κ3) is 10.5. The van der Waals surface area contributed by atoms with Gasteiger partial charge in [0.2, 0.25) is 0 Å². The minimum atomic E-state index is -3.95. The average molecular weight is 449 g/mol. The molecule has 0 bridgehead atoms. The van der Waals surface area contributed by atoms with Gasteiger partial charge in [-0.15, -0.1) is 0 Å². The summed E-state index contributed by atoms with van der Waals surface area (Å²) in [5, 5.41) is 8.86. The fraction of sp³-hybridized carbons (Fsp3) is 0.440. The van der Waals surface area contributed by atoms with Crippen molar-refractivity contribution in [1.29, 1.82) is 5.26 Å². The maximum atomic E-state index is 11.2. The zero-order valence-corrected chi connectivity index (χ0v) is 19.9. The molecule has 0 unspecified atom stereocenters. The summed E-state index contributed by atoms with van der Waals surface area (Å²) in [7, 11) is 0. The molecular weight excluding hydrogens is 417 g/mol. The van der Waals surface area contributed by atoms with Crippen molar-refractivity contribution < 1.29 is 13.2 Å². The van der Waals surface area contributed by atoms with E-state index in [9.17, 15) is 13.2 Å². The molecule has 2 aromatic rings. The summed E-state index contributed by atoms with van der Waals surface area (Å²) in [4.78, 5) is 7.09. The van der Waals surface area contributed by atoms with Crippen LogP contribution >= 0.6 is 11.8 Å². The van der Waals surface area contributed by atoms with Crippen LogP contribution in [0.2, 0.25) is 0 Å². The van der Waals surface area contributed by atoms with E-state index in [4.69, 9.17) is 10.3 Å². The first-order chi connectivity index (χ1) is 14.4. The standard InChI is InChI=1S/C20H22N2S.C5H9F3/c1-14-6-9-18(12-19(14)22-15(2)20(3,4)5)23-17-10-7-16(13-21)8-11-17;1-2-3-4-5(6,7)8/h6-12H,1-5H3;2-4H2,1H3. The molecular formula is C25H31F3N2S. The number of benzene rings is 2. The normalized spacial score (nSPS) is 12.1. The van der Waals surface area contributed by atoms with Crippen molar-refractivity contribution in [3.8, 4) is 6.07 Å². The number of alkyl halides is 3. The quantitative estimate of drug-likeness (QED) is 0.428. The lowest BCUT2D eigenvalue weighted by molar-refractivity contribution is -0.135. The van der Waals surface area contributed by atoms with E-state index in [1.165, 1.54) is 5.56 Å². The Kier molecular flexibility index (Phi) is 10.3. The Bertz CT molecular complexity index is 902. The van der Waals surface area contributed by atoms with Crippen LogP contribution in [0.3, 0.4) is 0 Å². The molecule has 0 aliphatic rings. The Morgan fingerprint density at radius 1 is 1.03 bits per heavy atom. The summed E-state index contributed by atoms with van der Waals surface area (Å²) in [5.74, 6) is 0. The van der Waals surface area contributed by atoms with Gasteiger partial charge in [0.15, 0.2) is 0 Å². The summed E-state index contributed by atoms with van der Waals surface area (Å²) < 4.78 is 33.7. The van der Waals surface area contributed by atoms with E-state index in [1.54, 1.807) is 18.7 Å². The largest absolute Gasteiger partial charge is 0.389 e. The molecule has 2 rings (SSSR count). The minimum absolute atomic E-state index is 0.0721. The molecule has 0 heterocycles. The number of hydrogen-bond acceptors (Lipinski definition) is 3. The van der Waals surface area contributed by atoms with Gasteiger partial charge >= 0.3 is 6.18 Å². The van der Waals surface area contributed by atoms with E-state index in [0.29, 0.717) is 12.0 Å². The molecule has 168 valence electrons. The van der Waals surface area contributed by atoms with E-state index in [1.807, 2.05) is 24.3 Å². The second kappa shape index (κ2) is 12.0. The van der Waals surface area contributed by atoms with Gasteiger partial charge in [-0.1, -0.05) is 51.9 Å². The number of rotatable bonds is 5. The molecule has 6 heteroatoms. The van der Waals surface area contributed by atoms with E-state index in [2.05, 4.69) is 58.9 Å². The zero-order chi connectivity index (χ0) is 23.7.